The molecule has 0 radical (unpaired) electrons. The maximum atomic E-state index is 10.5. The molecule has 4 heteroatoms. The van der Waals surface area contributed by atoms with Gasteiger partial charge in [-0.1, -0.05) is 212 Å². The lowest BCUT2D eigenvalue weighted by atomic mass is 10.0. The molecule has 4 N–H and O–H groups in total. The minimum absolute atomic E-state index is 0.332. The molecule has 0 aliphatic heterocycles. The molecule has 0 aromatic heterocycles. The SMILES string of the molecule is C=CC.CCCCCCCCCCCCCCCCC/C=C/C(N)=O.CCCCCCCCCCCCCCCCC/C=C/C(N)=O. The second kappa shape index (κ2) is 48.6. The summed E-state index contributed by atoms with van der Waals surface area (Å²) in [4.78, 5) is 21.0. The van der Waals surface area contributed by atoms with Crippen LogP contribution in [-0.2, 0) is 9.59 Å². The van der Waals surface area contributed by atoms with Crippen molar-refractivity contribution in [2.75, 3.05) is 0 Å². The van der Waals surface area contributed by atoms with Gasteiger partial charge in [-0.15, -0.1) is 6.58 Å². The van der Waals surface area contributed by atoms with E-state index in [1.165, 1.54) is 205 Å². The van der Waals surface area contributed by atoms with Crippen LogP contribution in [-0.4, -0.2) is 11.8 Å². The number of rotatable bonds is 34. The first-order chi connectivity index (χ1) is 23.0. The third-order valence-corrected chi connectivity index (χ3v) is 8.51. The number of hydrogen-bond acceptors (Lipinski definition) is 2. The quantitative estimate of drug-likeness (QED) is 0.0409. The Kier molecular flexibility index (Phi) is 51.2. The second-order valence-corrected chi connectivity index (χ2v) is 13.5. The van der Waals surface area contributed by atoms with Crippen LogP contribution in [0.4, 0.5) is 0 Å². The maximum Gasteiger partial charge on any atom is 0.241 e. The maximum absolute atomic E-state index is 10.5. The van der Waals surface area contributed by atoms with Gasteiger partial charge >= 0.3 is 0 Å². The summed E-state index contributed by atoms with van der Waals surface area (Å²) < 4.78 is 0. The molecule has 0 aromatic rings. The molecule has 0 spiro atoms. The zero-order chi connectivity index (χ0) is 35.3. The fourth-order valence-corrected chi connectivity index (χ4v) is 5.67. The zero-order valence-corrected chi connectivity index (χ0v) is 32.2. The number of carbonyl (C=O) groups excluding carboxylic acids is 2. The molecule has 278 valence electrons. The monoisotopic (exact) mass is 661 g/mol. The van der Waals surface area contributed by atoms with Crippen molar-refractivity contribution in [1.29, 1.82) is 0 Å². The molecule has 0 heterocycles. The van der Waals surface area contributed by atoms with Crippen LogP contribution in [0.5, 0.6) is 0 Å². The Labute approximate surface area is 295 Å². The van der Waals surface area contributed by atoms with Crippen LogP contribution in [0.2, 0.25) is 0 Å². The van der Waals surface area contributed by atoms with E-state index in [-0.39, 0.29) is 11.8 Å². The highest BCUT2D eigenvalue weighted by molar-refractivity contribution is 5.85. The van der Waals surface area contributed by atoms with Crippen LogP contribution in [0, 0.1) is 0 Å². The molecule has 0 fully saturated rings. The molecule has 0 unspecified atom stereocenters. The molecule has 2 amide bonds. The van der Waals surface area contributed by atoms with Crippen LogP contribution in [0.25, 0.3) is 0 Å². The van der Waals surface area contributed by atoms with Gasteiger partial charge in [0.05, 0.1) is 0 Å². The Morgan fingerprint density at radius 3 is 0.745 bits per heavy atom. The number of unbranched alkanes of at least 4 members (excludes halogenated alkanes) is 30. The Hall–Kier alpha value is -1.84. The van der Waals surface area contributed by atoms with E-state index in [1.807, 2.05) is 19.1 Å². The Bertz CT molecular complexity index is 617. The summed E-state index contributed by atoms with van der Waals surface area (Å²) in [6.45, 7) is 9.81. The van der Waals surface area contributed by atoms with Gasteiger partial charge in [-0.3, -0.25) is 9.59 Å². The lowest BCUT2D eigenvalue weighted by Gasteiger charge is -2.03. The third-order valence-electron chi connectivity index (χ3n) is 8.51. The van der Waals surface area contributed by atoms with E-state index >= 15 is 0 Å². The fourth-order valence-electron chi connectivity index (χ4n) is 5.67. The van der Waals surface area contributed by atoms with Crippen molar-refractivity contribution in [3.05, 3.63) is 37.0 Å². The summed E-state index contributed by atoms with van der Waals surface area (Å²) in [7, 11) is 0. The standard InChI is InChI=1S/2C20H39NO.C3H6/c2*1-2-3-4-5-6-7-8-9-10-11-12-13-14-15-16-17-18-19-20(21)22;1-3-2/h2*18-19H,2-17H2,1H3,(H2,21,22);3H,1H2,2H3/b2*19-18+;. The molecular weight excluding hydrogens is 576 g/mol. The topological polar surface area (TPSA) is 86.2 Å². The first-order valence-corrected chi connectivity index (χ1v) is 20.4. The third kappa shape index (κ3) is 60.0. The van der Waals surface area contributed by atoms with Crippen LogP contribution in [0.1, 0.15) is 226 Å². The Balaban J connectivity index is -0.000000759. The van der Waals surface area contributed by atoms with E-state index in [1.54, 1.807) is 6.08 Å². The predicted octanol–water partition coefficient (Wildman–Crippen LogP) is 13.8. The summed E-state index contributed by atoms with van der Waals surface area (Å²) in [5.74, 6) is -0.665. The van der Waals surface area contributed by atoms with Gasteiger partial charge in [0.2, 0.25) is 11.8 Å². The fraction of sp³-hybridized carbons (Fsp3) is 0.814. The molecule has 0 saturated heterocycles. The van der Waals surface area contributed by atoms with Gasteiger partial charge in [0.25, 0.3) is 0 Å². The van der Waals surface area contributed by atoms with E-state index in [9.17, 15) is 9.59 Å². The highest BCUT2D eigenvalue weighted by Gasteiger charge is 1.96. The number of allylic oxidation sites excluding steroid dienone is 3. The Morgan fingerprint density at radius 1 is 0.404 bits per heavy atom. The van der Waals surface area contributed by atoms with Crippen LogP contribution in [0.3, 0.4) is 0 Å². The van der Waals surface area contributed by atoms with Crippen molar-refractivity contribution in [1.82, 2.24) is 0 Å². The van der Waals surface area contributed by atoms with Gasteiger partial charge in [0.1, 0.15) is 0 Å². The van der Waals surface area contributed by atoms with E-state index < -0.39 is 0 Å². The van der Waals surface area contributed by atoms with Crippen LogP contribution < -0.4 is 11.5 Å². The predicted molar refractivity (Wildman–Crippen MR) is 212 cm³/mol. The summed E-state index contributed by atoms with van der Waals surface area (Å²) >= 11 is 0. The highest BCUT2D eigenvalue weighted by Crippen LogP contribution is 2.15. The minimum atomic E-state index is -0.332. The zero-order valence-electron chi connectivity index (χ0n) is 32.2. The van der Waals surface area contributed by atoms with Crippen LogP contribution >= 0.6 is 0 Å². The normalized spacial score (nSPS) is 10.9. The smallest absolute Gasteiger partial charge is 0.241 e. The van der Waals surface area contributed by atoms with Crippen LogP contribution in [0.15, 0.2) is 37.0 Å². The molecule has 0 saturated carbocycles. The largest absolute Gasteiger partial charge is 0.366 e. The molecule has 0 aromatic carbocycles. The van der Waals surface area contributed by atoms with Crippen molar-refractivity contribution >= 4 is 11.8 Å². The number of amides is 2. The van der Waals surface area contributed by atoms with E-state index in [0.717, 1.165) is 12.8 Å². The minimum Gasteiger partial charge on any atom is -0.366 e. The average Bonchev–Trinajstić information content (AvgIpc) is 3.04. The summed E-state index contributed by atoms with van der Waals surface area (Å²) in [6.07, 6.45) is 52.1. The van der Waals surface area contributed by atoms with Crippen molar-refractivity contribution in [3.8, 4) is 0 Å². The first kappa shape index (κ1) is 49.5. The summed E-state index contributed by atoms with van der Waals surface area (Å²) in [6, 6.07) is 0. The van der Waals surface area contributed by atoms with Crippen molar-refractivity contribution < 1.29 is 9.59 Å². The van der Waals surface area contributed by atoms with Gasteiger partial charge in [0.15, 0.2) is 0 Å². The molecule has 0 bridgehead atoms. The molecule has 4 nitrogen and oxygen atoms in total. The van der Waals surface area contributed by atoms with Gasteiger partial charge in [-0.2, -0.15) is 0 Å². The molecule has 0 atom stereocenters. The van der Waals surface area contributed by atoms with Crippen molar-refractivity contribution in [3.63, 3.8) is 0 Å². The first-order valence-electron chi connectivity index (χ1n) is 20.4. The molecule has 0 aliphatic carbocycles. The van der Waals surface area contributed by atoms with E-state index in [4.69, 9.17) is 11.5 Å². The van der Waals surface area contributed by atoms with E-state index in [2.05, 4.69) is 20.4 Å². The molecular formula is C43H84N2O2. The summed E-state index contributed by atoms with van der Waals surface area (Å²) in [5, 5.41) is 0. The molecule has 0 aliphatic rings. The lowest BCUT2D eigenvalue weighted by Crippen LogP contribution is -2.05. The van der Waals surface area contributed by atoms with Gasteiger partial charge in [0, 0.05) is 0 Å². The number of nitrogens with two attached hydrogens (primary N) is 2. The van der Waals surface area contributed by atoms with Gasteiger partial charge in [-0.25, -0.2) is 0 Å². The molecule has 47 heavy (non-hydrogen) atoms. The van der Waals surface area contributed by atoms with E-state index in [0.29, 0.717) is 0 Å². The van der Waals surface area contributed by atoms with Crippen molar-refractivity contribution in [2.45, 2.75) is 226 Å². The second-order valence-electron chi connectivity index (χ2n) is 13.5. The molecule has 0 rings (SSSR count). The van der Waals surface area contributed by atoms with Gasteiger partial charge < -0.3 is 11.5 Å². The average molecular weight is 661 g/mol. The number of carbonyl (C=O) groups is 2. The lowest BCUT2D eigenvalue weighted by molar-refractivity contribution is -0.114. The highest BCUT2D eigenvalue weighted by atomic mass is 16.1. The van der Waals surface area contributed by atoms with Gasteiger partial charge in [-0.05, 0) is 44.8 Å². The van der Waals surface area contributed by atoms with Crippen molar-refractivity contribution in [2.24, 2.45) is 11.5 Å². The Morgan fingerprint density at radius 2 is 0.574 bits per heavy atom. The number of primary amides is 2. The summed E-state index contributed by atoms with van der Waals surface area (Å²) in [5.41, 5.74) is 10.1. The number of hydrogen-bond donors (Lipinski definition) is 2.